The first-order chi connectivity index (χ1) is 12.8. The number of carbonyl (C=O) groups is 1. The van der Waals surface area contributed by atoms with E-state index in [-0.39, 0.29) is 11.8 Å². The predicted molar refractivity (Wildman–Crippen MR) is 106 cm³/mol. The fraction of sp³-hybridized carbons (Fsp3) is 0.350. The zero-order valence-electron chi connectivity index (χ0n) is 14.6. The largest absolute Gasteiger partial charge is 0.368 e. The normalized spacial score (nSPS) is 14.6. The number of rotatable bonds is 6. The van der Waals surface area contributed by atoms with Crippen LogP contribution in [-0.4, -0.2) is 29.0 Å². The molecule has 0 atom stereocenters. The molecular formula is C20H22N4OS. The maximum absolute atomic E-state index is 12.1. The zero-order valence-corrected chi connectivity index (χ0v) is 15.4. The Morgan fingerprint density at radius 1 is 1.08 bits per heavy atom. The number of fused-ring (bicyclic) bond motifs is 1. The highest BCUT2D eigenvalue weighted by Crippen LogP contribution is 2.27. The third-order valence-electron chi connectivity index (χ3n) is 4.79. The molecule has 6 heteroatoms. The molecular weight excluding hydrogens is 344 g/mol. The molecule has 1 aliphatic rings. The molecule has 1 saturated carbocycles. The molecule has 1 aliphatic carbocycles. The number of carbonyl (C=O) groups excluding carboxylic acids is 1. The van der Waals surface area contributed by atoms with Crippen molar-refractivity contribution in [1.82, 2.24) is 15.3 Å². The van der Waals surface area contributed by atoms with Gasteiger partial charge >= 0.3 is 0 Å². The van der Waals surface area contributed by atoms with Crippen molar-refractivity contribution in [3.8, 4) is 10.7 Å². The molecule has 26 heavy (non-hydrogen) atoms. The Bertz CT molecular complexity index is 888. The number of thiophene rings is 1. The highest BCUT2D eigenvalue weighted by atomic mass is 32.1. The molecule has 0 radical (unpaired) electrons. The van der Waals surface area contributed by atoms with E-state index in [0.717, 1.165) is 40.3 Å². The average molecular weight is 366 g/mol. The first kappa shape index (κ1) is 17.0. The van der Waals surface area contributed by atoms with Gasteiger partial charge in [0.15, 0.2) is 5.82 Å². The summed E-state index contributed by atoms with van der Waals surface area (Å²) in [7, 11) is 0. The third-order valence-corrected chi connectivity index (χ3v) is 5.65. The third kappa shape index (κ3) is 3.70. The van der Waals surface area contributed by atoms with Crippen molar-refractivity contribution in [2.45, 2.75) is 25.7 Å². The Morgan fingerprint density at radius 2 is 1.92 bits per heavy atom. The van der Waals surface area contributed by atoms with Gasteiger partial charge in [-0.05, 0) is 36.4 Å². The first-order valence-electron chi connectivity index (χ1n) is 9.13. The van der Waals surface area contributed by atoms with Crippen LogP contribution in [0.25, 0.3) is 21.6 Å². The molecule has 1 fully saturated rings. The monoisotopic (exact) mass is 366 g/mol. The minimum atomic E-state index is 0.191. The summed E-state index contributed by atoms with van der Waals surface area (Å²) in [6.45, 7) is 1.24. The van der Waals surface area contributed by atoms with E-state index < -0.39 is 0 Å². The van der Waals surface area contributed by atoms with E-state index in [1.807, 2.05) is 41.8 Å². The summed E-state index contributed by atoms with van der Waals surface area (Å²) in [6.07, 6.45) is 4.41. The highest BCUT2D eigenvalue weighted by Gasteiger charge is 2.21. The van der Waals surface area contributed by atoms with Crippen molar-refractivity contribution in [2.24, 2.45) is 5.92 Å². The first-order valence-corrected chi connectivity index (χ1v) is 10.0. The summed E-state index contributed by atoms with van der Waals surface area (Å²) in [6, 6.07) is 12.0. The topological polar surface area (TPSA) is 66.9 Å². The quantitative estimate of drug-likeness (QED) is 0.645. The van der Waals surface area contributed by atoms with Crippen LogP contribution in [0.2, 0.25) is 0 Å². The molecule has 0 unspecified atom stereocenters. The van der Waals surface area contributed by atoms with Crippen molar-refractivity contribution in [1.29, 1.82) is 0 Å². The fourth-order valence-corrected chi connectivity index (χ4v) is 4.08. The number of nitrogens with one attached hydrogen (secondary N) is 2. The van der Waals surface area contributed by atoms with Crippen molar-refractivity contribution in [2.75, 3.05) is 18.4 Å². The average Bonchev–Trinajstić information content (AvgIpc) is 3.38. The summed E-state index contributed by atoms with van der Waals surface area (Å²) in [4.78, 5) is 22.6. The molecule has 1 aromatic carbocycles. The lowest BCUT2D eigenvalue weighted by atomic mass is 10.1. The molecule has 5 nitrogen and oxygen atoms in total. The van der Waals surface area contributed by atoms with Gasteiger partial charge in [-0.15, -0.1) is 11.3 Å². The standard InChI is InChI=1S/C20H22N4OS/c25-20(14-6-1-2-7-14)22-12-11-21-18-15-8-3-4-9-16(15)23-19(24-18)17-10-5-13-26-17/h3-5,8-10,13-14H,1-2,6-7,11-12H2,(H,22,25)(H,21,23,24). The van der Waals surface area contributed by atoms with E-state index in [1.54, 1.807) is 11.3 Å². The van der Waals surface area contributed by atoms with Crippen LogP contribution in [0.15, 0.2) is 41.8 Å². The highest BCUT2D eigenvalue weighted by molar-refractivity contribution is 7.13. The molecule has 0 aliphatic heterocycles. The molecule has 4 rings (SSSR count). The minimum absolute atomic E-state index is 0.191. The van der Waals surface area contributed by atoms with Crippen molar-refractivity contribution in [3.63, 3.8) is 0 Å². The Balaban J connectivity index is 1.46. The molecule has 3 aromatic rings. The summed E-state index contributed by atoms with van der Waals surface area (Å²) in [5.74, 6) is 1.95. The fourth-order valence-electron chi connectivity index (χ4n) is 3.43. The second-order valence-corrected chi connectivity index (χ2v) is 7.54. The number of benzene rings is 1. The van der Waals surface area contributed by atoms with Gasteiger partial charge in [0.25, 0.3) is 0 Å². The lowest BCUT2D eigenvalue weighted by Crippen LogP contribution is -2.33. The number of aromatic nitrogens is 2. The Labute approximate surface area is 156 Å². The van der Waals surface area contributed by atoms with E-state index in [2.05, 4.69) is 15.6 Å². The van der Waals surface area contributed by atoms with Crippen molar-refractivity contribution < 1.29 is 4.79 Å². The molecule has 0 spiro atoms. The smallest absolute Gasteiger partial charge is 0.223 e. The van der Waals surface area contributed by atoms with Crippen molar-refractivity contribution >= 4 is 34.0 Å². The van der Waals surface area contributed by atoms with Gasteiger partial charge in [0.05, 0.1) is 10.4 Å². The number of anilines is 1. The molecule has 2 heterocycles. The van der Waals surface area contributed by atoms with Gasteiger partial charge in [0.2, 0.25) is 5.91 Å². The Morgan fingerprint density at radius 3 is 2.73 bits per heavy atom. The summed E-state index contributed by atoms with van der Waals surface area (Å²) >= 11 is 1.63. The molecule has 2 N–H and O–H groups in total. The van der Waals surface area contributed by atoms with Crippen LogP contribution in [0.3, 0.4) is 0 Å². The second-order valence-electron chi connectivity index (χ2n) is 6.59. The number of hydrogen-bond acceptors (Lipinski definition) is 5. The lowest BCUT2D eigenvalue weighted by Gasteiger charge is -2.13. The lowest BCUT2D eigenvalue weighted by molar-refractivity contribution is -0.124. The van der Waals surface area contributed by atoms with E-state index >= 15 is 0 Å². The molecule has 0 bridgehead atoms. The molecule has 134 valence electrons. The van der Waals surface area contributed by atoms with E-state index in [0.29, 0.717) is 13.1 Å². The second kappa shape index (κ2) is 7.83. The number of nitrogens with zero attached hydrogens (tertiary/aromatic N) is 2. The molecule has 2 aromatic heterocycles. The summed E-state index contributed by atoms with van der Waals surface area (Å²) in [5, 5.41) is 9.44. The van der Waals surface area contributed by atoms with Gasteiger partial charge in [-0.1, -0.05) is 31.0 Å². The van der Waals surface area contributed by atoms with Crippen LogP contribution >= 0.6 is 11.3 Å². The van der Waals surface area contributed by atoms with Gasteiger partial charge in [-0.25, -0.2) is 9.97 Å². The minimum Gasteiger partial charge on any atom is -0.368 e. The van der Waals surface area contributed by atoms with Gasteiger partial charge in [0.1, 0.15) is 5.82 Å². The van der Waals surface area contributed by atoms with Gasteiger partial charge < -0.3 is 10.6 Å². The van der Waals surface area contributed by atoms with E-state index in [1.165, 1.54) is 12.8 Å². The van der Waals surface area contributed by atoms with Gasteiger partial charge in [-0.2, -0.15) is 0 Å². The van der Waals surface area contributed by atoms with Gasteiger partial charge in [-0.3, -0.25) is 4.79 Å². The maximum atomic E-state index is 12.1. The number of para-hydroxylation sites is 1. The van der Waals surface area contributed by atoms with E-state index in [9.17, 15) is 4.79 Å². The van der Waals surface area contributed by atoms with Crippen LogP contribution in [0.1, 0.15) is 25.7 Å². The summed E-state index contributed by atoms with van der Waals surface area (Å²) in [5.41, 5.74) is 0.920. The van der Waals surface area contributed by atoms with Gasteiger partial charge in [0, 0.05) is 24.4 Å². The van der Waals surface area contributed by atoms with Crippen LogP contribution < -0.4 is 10.6 Å². The number of hydrogen-bond donors (Lipinski definition) is 2. The molecule has 1 amide bonds. The Hall–Kier alpha value is -2.47. The van der Waals surface area contributed by atoms with Crippen LogP contribution in [-0.2, 0) is 4.79 Å². The van der Waals surface area contributed by atoms with Crippen LogP contribution in [0.5, 0.6) is 0 Å². The zero-order chi connectivity index (χ0) is 17.8. The van der Waals surface area contributed by atoms with Crippen LogP contribution in [0.4, 0.5) is 5.82 Å². The SMILES string of the molecule is O=C(NCCNc1nc(-c2cccs2)nc2ccccc12)C1CCCC1. The summed E-state index contributed by atoms with van der Waals surface area (Å²) < 4.78 is 0. The van der Waals surface area contributed by atoms with Crippen LogP contribution in [0, 0.1) is 5.92 Å². The predicted octanol–water partition coefficient (Wildman–Crippen LogP) is 4.08. The molecule has 0 saturated heterocycles. The van der Waals surface area contributed by atoms with E-state index in [4.69, 9.17) is 4.98 Å². The number of amides is 1. The maximum Gasteiger partial charge on any atom is 0.223 e. The van der Waals surface area contributed by atoms with Crippen molar-refractivity contribution in [3.05, 3.63) is 41.8 Å². The Kier molecular flexibility index (Phi) is 5.11.